The Hall–Kier alpha value is -1.81. The summed E-state index contributed by atoms with van der Waals surface area (Å²) in [5.74, 6) is 1.64. The fourth-order valence-corrected chi connectivity index (χ4v) is 2.37. The van der Waals surface area contributed by atoms with Crippen molar-refractivity contribution in [3.63, 3.8) is 0 Å². The second-order valence-corrected chi connectivity index (χ2v) is 5.30. The van der Waals surface area contributed by atoms with Crippen LogP contribution < -0.4 is 0 Å². The molecule has 98 valence electrons. The average molecular weight is 276 g/mol. The summed E-state index contributed by atoms with van der Waals surface area (Å²) in [5.41, 5.74) is 3.21. The summed E-state index contributed by atoms with van der Waals surface area (Å²) in [6.07, 6.45) is 1.64. The molecule has 0 aliphatic carbocycles. The summed E-state index contributed by atoms with van der Waals surface area (Å²) >= 11 is 6.23. The molecule has 0 aliphatic rings. The van der Waals surface area contributed by atoms with Crippen LogP contribution in [-0.2, 0) is 6.54 Å². The highest BCUT2D eigenvalue weighted by Gasteiger charge is 2.16. The quantitative estimate of drug-likeness (QED) is 0.685. The lowest BCUT2D eigenvalue weighted by molar-refractivity contribution is 0.376. The first-order valence-corrected chi connectivity index (χ1v) is 6.59. The monoisotopic (exact) mass is 275 g/mol. The summed E-state index contributed by atoms with van der Waals surface area (Å²) in [5, 5.41) is 3.57. The summed E-state index contributed by atoms with van der Waals surface area (Å²) < 4.78 is 7.25. The molecule has 0 radical (unpaired) electrons. The predicted octanol–water partition coefficient (Wildman–Crippen LogP) is 3.68. The van der Waals surface area contributed by atoms with E-state index in [1.165, 1.54) is 5.56 Å². The second-order valence-electron chi connectivity index (χ2n) is 4.64. The van der Waals surface area contributed by atoms with Crippen LogP contribution in [-0.4, -0.2) is 14.7 Å². The Bertz CT molecular complexity index is 701. The smallest absolute Gasteiger partial charge is 0.156 e. The third kappa shape index (κ3) is 2.24. The van der Waals surface area contributed by atoms with Crippen LogP contribution in [0.1, 0.15) is 29.4 Å². The van der Waals surface area contributed by atoms with Crippen LogP contribution in [0.3, 0.4) is 0 Å². The average Bonchev–Trinajstić information content (AvgIpc) is 2.97. The molecule has 0 saturated carbocycles. The highest BCUT2D eigenvalue weighted by Crippen LogP contribution is 2.26. The predicted molar refractivity (Wildman–Crippen MR) is 74.3 cm³/mol. The molecule has 3 aromatic rings. The molecular formula is C14H14ClN3O. The van der Waals surface area contributed by atoms with E-state index in [0.29, 0.717) is 6.54 Å². The van der Waals surface area contributed by atoms with E-state index in [-0.39, 0.29) is 5.38 Å². The van der Waals surface area contributed by atoms with E-state index in [0.717, 1.165) is 22.6 Å². The van der Waals surface area contributed by atoms with Gasteiger partial charge in [0.15, 0.2) is 5.76 Å². The van der Waals surface area contributed by atoms with Crippen molar-refractivity contribution in [2.75, 3.05) is 0 Å². The van der Waals surface area contributed by atoms with E-state index < -0.39 is 0 Å². The third-order valence-corrected chi connectivity index (χ3v) is 3.29. The zero-order valence-electron chi connectivity index (χ0n) is 10.8. The molecule has 1 atom stereocenters. The normalized spacial score (nSPS) is 13.0. The van der Waals surface area contributed by atoms with Crippen molar-refractivity contribution in [3.8, 4) is 0 Å². The van der Waals surface area contributed by atoms with Crippen molar-refractivity contribution < 1.29 is 4.52 Å². The number of aromatic nitrogens is 3. The first kappa shape index (κ1) is 12.2. The Morgan fingerprint density at radius 2 is 2.21 bits per heavy atom. The molecule has 1 unspecified atom stereocenters. The van der Waals surface area contributed by atoms with Crippen LogP contribution in [0.2, 0.25) is 0 Å². The van der Waals surface area contributed by atoms with Gasteiger partial charge in [0.2, 0.25) is 0 Å². The summed E-state index contributed by atoms with van der Waals surface area (Å²) in [7, 11) is 0. The molecule has 5 heteroatoms. The molecule has 2 aromatic heterocycles. The van der Waals surface area contributed by atoms with Crippen LogP contribution >= 0.6 is 11.6 Å². The SMILES string of the molecule is Cc1ccc2c(c1)nc(C(C)Cl)n2Cc1ccno1. The number of nitrogens with zero attached hydrogens (tertiary/aromatic N) is 3. The van der Waals surface area contributed by atoms with Crippen molar-refractivity contribution in [2.24, 2.45) is 0 Å². The molecule has 0 fully saturated rings. The van der Waals surface area contributed by atoms with Gasteiger partial charge < -0.3 is 9.09 Å². The molecular weight excluding hydrogens is 262 g/mol. The minimum absolute atomic E-state index is 0.157. The van der Waals surface area contributed by atoms with Gasteiger partial charge in [-0.2, -0.15) is 0 Å². The molecule has 4 nitrogen and oxygen atoms in total. The van der Waals surface area contributed by atoms with Crippen LogP contribution in [0, 0.1) is 6.92 Å². The number of hydrogen-bond donors (Lipinski definition) is 0. The Morgan fingerprint density at radius 1 is 1.37 bits per heavy atom. The number of alkyl halides is 1. The Balaban J connectivity index is 2.16. The molecule has 0 N–H and O–H groups in total. The van der Waals surface area contributed by atoms with Gasteiger partial charge in [0.25, 0.3) is 0 Å². The van der Waals surface area contributed by atoms with Gasteiger partial charge >= 0.3 is 0 Å². The fourth-order valence-electron chi connectivity index (χ4n) is 2.21. The second kappa shape index (κ2) is 4.70. The molecule has 0 aliphatic heterocycles. The first-order chi connectivity index (χ1) is 9.15. The number of rotatable bonds is 3. The maximum absolute atomic E-state index is 6.23. The lowest BCUT2D eigenvalue weighted by atomic mass is 10.2. The molecule has 1 aromatic carbocycles. The number of halogens is 1. The van der Waals surface area contributed by atoms with Gasteiger partial charge in [0.1, 0.15) is 5.82 Å². The third-order valence-electron chi connectivity index (χ3n) is 3.09. The minimum atomic E-state index is -0.157. The topological polar surface area (TPSA) is 43.9 Å². The van der Waals surface area contributed by atoms with E-state index in [1.807, 2.05) is 13.0 Å². The Morgan fingerprint density at radius 3 is 2.89 bits per heavy atom. The van der Waals surface area contributed by atoms with Gasteiger partial charge in [-0.15, -0.1) is 11.6 Å². The highest BCUT2D eigenvalue weighted by molar-refractivity contribution is 6.20. The van der Waals surface area contributed by atoms with Crippen molar-refractivity contribution in [3.05, 3.63) is 47.6 Å². The van der Waals surface area contributed by atoms with Crippen LogP contribution in [0.25, 0.3) is 11.0 Å². The van der Waals surface area contributed by atoms with Gasteiger partial charge in [0.05, 0.1) is 29.2 Å². The zero-order valence-corrected chi connectivity index (χ0v) is 11.6. The van der Waals surface area contributed by atoms with Gasteiger partial charge in [-0.25, -0.2) is 4.98 Å². The highest BCUT2D eigenvalue weighted by atomic mass is 35.5. The molecule has 0 amide bonds. The zero-order chi connectivity index (χ0) is 13.4. The number of aryl methyl sites for hydroxylation is 1. The number of fused-ring (bicyclic) bond motifs is 1. The lowest BCUT2D eigenvalue weighted by Gasteiger charge is -2.08. The molecule has 3 rings (SSSR count). The van der Waals surface area contributed by atoms with Gasteiger partial charge in [0, 0.05) is 6.07 Å². The summed E-state index contributed by atoms with van der Waals surface area (Å²) in [6.45, 7) is 4.57. The molecule has 0 spiro atoms. The van der Waals surface area contributed by atoms with E-state index >= 15 is 0 Å². The maximum Gasteiger partial charge on any atom is 0.156 e. The summed E-state index contributed by atoms with van der Waals surface area (Å²) in [6, 6.07) is 8.05. The van der Waals surface area contributed by atoms with Gasteiger partial charge in [-0.05, 0) is 31.5 Å². The van der Waals surface area contributed by atoms with Gasteiger partial charge in [-0.3, -0.25) is 0 Å². The molecule has 0 saturated heterocycles. The van der Waals surface area contributed by atoms with Crippen LogP contribution in [0.5, 0.6) is 0 Å². The Labute approximate surface area is 116 Å². The largest absolute Gasteiger partial charge is 0.359 e. The Kier molecular flexibility index (Phi) is 3.03. The van der Waals surface area contributed by atoms with E-state index in [1.54, 1.807) is 6.20 Å². The molecule has 2 heterocycles. The van der Waals surface area contributed by atoms with E-state index in [2.05, 4.69) is 39.8 Å². The first-order valence-electron chi connectivity index (χ1n) is 6.15. The van der Waals surface area contributed by atoms with E-state index in [4.69, 9.17) is 16.1 Å². The fraction of sp³-hybridized carbons (Fsp3) is 0.286. The van der Waals surface area contributed by atoms with Crippen LogP contribution in [0.15, 0.2) is 35.0 Å². The number of hydrogen-bond acceptors (Lipinski definition) is 3. The number of imidazole rings is 1. The van der Waals surface area contributed by atoms with Crippen molar-refractivity contribution in [1.82, 2.24) is 14.7 Å². The summed E-state index contributed by atoms with van der Waals surface area (Å²) in [4.78, 5) is 4.62. The number of benzene rings is 1. The lowest BCUT2D eigenvalue weighted by Crippen LogP contribution is -2.05. The van der Waals surface area contributed by atoms with Crippen molar-refractivity contribution in [2.45, 2.75) is 25.8 Å². The van der Waals surface area contributed by atoms with Crippen molar-refractivity contribution >= 4 is 22.6 Å². The maximum atomic E-state index is 6.23. The standard InChI is InChI=1S/C14H14ClN3O/c1-9-3-4-13-12(7-9)17-14(10(2)15)18(13)8-11-5-6-16-19-11/h3-7,10H,8H2,1-2H3. The van der Waals surface area contributed by atoms with Crippen LogP contribution in [0.4, 0.5) is 0 Å². The molecule has 0 bridgehead atoms. The van der Waals surface area contributed by atoms with Crippen molar-refractivity contribution in [1.29, 1.82) is 0 Å². The molecule has 19 heavy (non-hydrogen) atoms. The minimum Gasteiger partial charge on any atom is -0.359 e. The van der Waals surface area contributed by atoms with E-state index in [9.17, 15) is 0 Å². The van der Waals surface area contributed by atoms with Gasteiger partial charge in [-0.1, -0.05) is 11.2 Å².